The summed E-state index contributed by atoms with van der Waals surface area (Å²) in [5.41, 5.74) is 7.90. The van der Waals surface area contributed by atoms with Crippen LogP contribution in [0.2, 0.25) is 0 Å². The average molecular weight is 286 g/mol. The zero-order valence-electron chi connectivity index (χ0n) is 13.2. The van der Waals surface area contributed by atoms with E-state index in [0.29, 0.717) is 5.82 Å². The van der Waals surface area contributed by atoms with Gasteiger partial charge < -0.3 is 15.4 Å². The maximum Gasteiger partial charge on any atom is 0.141 e. The zero-order valence-corrected chi connectivity index (χ0v) is 13.2. The van der Waals surface area contributed by atoms with Gasteiger partial charge in [-0.15, -0.1) is 0 Å². The van der Waals surface area contributed by atoms with Gasteiger partial charge in [0.15, 0.2) is 0 Å². The van der Waals surface area contributed by atoms with Crippen LogP contribution in [-0.4, -0.2) is 24.1 Å². The Bertz CT molecular complexity index is 640. The van der Waals surface area contributed by atoms with Gasteiger partial charge in [0.1, 0.15) is 23.2 Å². The second kappa shape index (κ2) is 5.99. The molecule has 21 heavy (non-hydrogen) atoms. The minimum absolute atomic E-state index is 0.227. The molecule has 0 aliphatic carbocycles. The van der Waals surface area contributed by atoms with Crippen molar-refractivity contribution in [3.63, 3.8) is 0 Å². The van der Waals surface area contributed by atoms with E-state index in [1.54, 1.807) is 7.11 Å². The summed E-state index contributed by atoms with van der Waals surface area (Å²) in [7, 11) is 3.62. The van der Waals surface area contributed by atoms with Crippen molar-refractivity contribution in [3.8, 4) is 5.75 Å². The van der Waals surface area contributed by atoms with E-state index in [0.717, 1.165) is 28.6 Å². The van der Waals surface area contributed by atoms with E-state index in [1.165, 1.54) is 0 Å². The molecule has 0 saturated carbocycles. The van der Waals surface area contributed by atoms with Gasteiger partial charge in [0, 0.05) is 30.3 Å². The number of aromatic nitrogens is 2. The number of rotatable bonds is 4. The number of hydrogen-bond donors (Lipinski definition) is 1. The Labute approximate surface area is 125 Å². The van der Waals surface area contributed by atoms with Gasteiger partial charge in [-0.25, -0.2) is 9.97 Å². The number of nitrogens with two attached hydrogens (primary N) is 1. The van der Waals surface area contributed by atoms with E-state index >= 15 is 0 Å². The largest absolute Gasteiger partial charge is 0.497 e. The lowest BCUT2D eigenvalue weighted by Crippen LogP contribution is -2.16. The molecule has 0 atom stereocenters. The highest BCUT2D eigenvalue weighted by Crippen LogP contribution is 2.30. The molecule has 0 fully saturated rings. The number of ether oxygens (including phenoxy) is 1. The fourth-order valence-corrected chi connectivity index (χ4v) is 2.07. The van der Waals surface area contributed by atoms with Crippen molar-refractivity contribution >= 4 is 17.3 Å². The lowest BCUT2D eigenvalue weighted by atomic mass is 10.2. The number of anilines is 3. The molecule has 112 valence electrons. The molecule has 0 aliphatic heterocycles. The van der Waals surface area contributed by atoms with Crippen molar-refractivity contribution in [2.45, 2.75) is 26.7 Å². The Morgan fingerprint density at radius 1 is 1.24 bits per heavy atom. The van der Waals surface area contributed by atoms with E-state index < -0.39 is 0 Å². The number of methoxy groups -OCH3 is 1. The van der Waals surface area contributed by atoms with E-state index in [2.05, 4.69) is 23.8 Å². The molecule has 5 heteroatoms. The number of nitrogens with zero attached hydrogens (tertiary/aromatic N) is 3. The molecule has 0 unspecified atom stereocenters. The summed E-state index contributed by atoms with van der Waals surface area (Å²) in [6, 6.07) is 7.84. The number of hydrogen-bond acceptors (Lipinski definition) is 5. The predicted octanol–water partition coefficient (Wildman–Crippen LogP) is 3.27. The summed E-state index contributed by atoms with van der Waals surface area (Å²) in [6.45, 7) is 6.05. The highest BCUT2D eigenvalue weighted by Gasteiger charge is 2.15. The maximum atomic E-state index is 6.03. The molecular formula is C16H22N4O. The molecule has 0 bridgehead atoms. The van der Waals surface area contributed by atoms with Crippen LogP contribution in [0.3, 0.4) is 0 Å². The van der Waals surface area contributed by atoms with Crippen molar-refractivity contribution in [1.82, 2.24) is 9.97 Å². The minimum Gasteiger partial charge on any atom is -0.497 e. The van der Waals surface area contributed by atoms with Gasteiger partial charge in [0.25, 0.3) is 0 Å². The molecule has 1 aromatic heterocycles. The summed E-state index contributed by atoms with van der Waals surface area (Å²) < 4.78 is 5.27. The van der Waals surface area contributed by atoms with E-state index in [1.807, 2.05) is 43.1 Å². The summed E-state index contributed by atoms with van der Waals surface area (Å²) in [5.74, 6) is 3.13. The van der Waals surface area contributed by atoms with Crippen molar-refractivity contribution < 1.29 is 4.74 Å². The summed E-state index contributed by atoms with van der Waals surface area (Å²) in [6.07, 6.45) is 0. The highest BCUT2D eigenvalue weighted by molar-refractivity contribution is 5.66. The molecule has 1 aromatic carbocycles. The molecule has 2 rings (SSSR count). The van der Waals surface area contributed by atoms with E-state index in [9.17, 15) is 0 Å². The van der Waals surface area contributed by atoms with Gasteiger partial charge in [-0.05, 0) is 19.1 Å². The quantitative estimate of drug-likeness (QED) is 0.934. The van der Waals surface area contributed by atoms with Crippen molar-refractivity contribution in [1.29, 1.82) is 0 Å². The van der Waals surface area contributed by atoms with Crippen LogP contribution in [0.5, 0.6) is 5.75 Å². The smallest absolute Gasteiger partial charge is 0.141 e. The van der Waals surface area contributed by atoms with Crippen LogP contribution in [0.4, 0.5) is 17.3 Å². The summed E-state index contributed by atoms with van der Waals surface area (Å²) in [4.78, 5) is 11.0. The average Bonchev–Trinajstić information content (AvgIpc) is 2.49. The van der Waals surface area contributed by atoms with E-state index in [-0.39, 0.29) is 5.92 Å². The lowest BCUT2D eigenvalue weighted by Gasteiger charge is -2.22. The Balaban J connectivity index is 2.49. The molecular weight excluding hydrogens is 264 g/mol. The van der Waals surface area contributed by atoms with Crippen LogP contribution in [0.15, 0.2) is 24.3 Å². The van der Waals surface area contributed by atoms with Crippen molar-refractivity contribution in [3.05, 3.63) is 35.7 Å². The third-order valence-corrected chi connectivity index (χ3v) is 3.45. The van der Waals surface area contributed by atoms with Gasteiger partial charge in [0.05, 0.1) is 7.11 Å². The van der Waals surface area contributed by atoms with Crippen LogP contribution in [-0.2, 0) is 0 Å². The highest BCUT2D eigenvalue weighted by atomic mass is 16.5. The molecule has 0 spiro atoms. The van der Waals surface area contributed by atoms with Crippen LogP contribution in [0, 0.1) is 6.92 Å². The molecule has 2 aromatic rings. The van der Waals surface area contributed by atoms with Crippen LogP contribution >= 0.6 is 0 Å². The first kappa shape index (κ1) is 15.1. The van der Waals surface area contributed by atoms with Crippen LogP contribution < -0.4 is 15.4 Å². The van der Waals surface area contributed by atoms with Gasteiger partial charge >= 0.3 is 0 Å². The zero-order chi connectivity index (χ0) is 15.6. The number of nitrogen functional groups attached to an aromatic ring is 1. The molecule has 0 saturated heterocycles. The van der Waals surface area contributed by atoms with Gasteiger partial charge in [-0.1, -0.05) is 19.9 Å². The van der Waals surface area contributed by atoms with Gasteiger partial charge in [0.2, 0.25) is 0 Å². The summed E-state index contributed by atoms with van der Waals surface area (Å²) in [5, 5.41) is 0. The molecule has 1 heterocycles. The maximum absolute atomic E-state index is 6.03. The normalized spacial score (nSPS) is 10.8. The van der Waals surface area contributed by atoms with Gasteiger partial charge in [-0.3, -0.25) is 0 Å². The third-order valence-electron chi connectivity index (χ3n) is 3.45. The van der Waals surface area contributed by atoms with Crippen LogP contribution in [0.1, 0.15) is 31.2 Å². The SMILES string of the molecule is COc1cccc(N(C)c2nc(C(C)C)nc(N)c2C)c1. The Morgan fingerprint density at radius 2 is 1.95 bits per heavy atom. The van der Waals surface area contributed by atoms with Gasteiger partial charge in [-0.2, -0.15) is 0 Å². The Morgan fingerprint density at radius 3 is 2.57 bits per heavy atom. The summed E-state index contributed by atoms with van der Waals surface area (Å²) >= 11 is 0. The number of benzene rings is 1. The molecule has 0 aliphatic rings. The fourth-order valence-electron chi connectivity index (χ4n) is 2.07. The molecule has 0 amide bonds. The first-order valence-electron chi connectivity index (χ1n) is 6.95. The standard InChI is InChI=1S/C16H22N4O/c1-10(2)15-18-14(17)11(3)16(19-15)20(4)12-7-6-8-13(9-12)21-5/h6-10H,1-5H3,(H2,17,18,19). The van der Waals surface area contributed by atoms with Crippen LogP contribution in [0.25, 0.3) is 0 Å². The predicted molar refractivity (Wildman–Crippen MR) is 86.3 cm³/mol. The monoisotopic (exact) mass is 286 g/mol. The minimum atomic E-state index is 0.227. The molecule has 0 radical (unpaired) electrons. The van der Waals surface area contributed by atoms with Crippen molar-refractivity contribution in [2.75, 3.05) is 24.8 Å². The second-order valence-electron chi connectivity index (χ2n) is 5.33. The third kappa shape index (κ3) is 3.07. The van der Waals surface area contributed by atoms with Crippen molar-refractivity contribution in [2.24, 2.45) is 0 Å². The Kier molecular flexibility index (Phi) is 4.31. The fraction of sp³-hybridized carbons (Fsp3) is 0.375. The Hall–Kier alpha value is -2.30. The first-order chi connectivity index (χ1) is 9.93. The molecule has 2 N–H and O–H groups in total. The van der Waals surface area contributed by atoms with E-state index in [4.69, 9.17) is 10.5 Å². The second-order valence-corrected chi connectivity index (χ2v) is 5.33. The lowest BCUT2D eigenvalue weighted by molar-refractivity contribution is 0.415. The topological polar surface area (TPSA) is 64.3 Å². The molecule has 5 nitrogen and oxygen atoms in total. The first-order valence-corrected chi connectivity index (χ1v) is 6.95.